The lowest BCUT2D eigenvalue weighted by atomic mass is 10.2. The van der Waals surface area contributed by atoms with Gasteiger partial charge in [-0.05, 0) is 17.7 Å². The van der Waals surface area contributed by atoms with E-state index in [1.165, 1.54) is 11.3 Å². The third-order valence-corrected chi connectivity index (χ3v) is 3.78. The molecule has 0 amide bonds. The summed E-state index contributed by atoms with van der Waals surface area (Å²) < 4.78 is 0. The molecule has 0 saturated heterocycles. The van der Waals surface area contributed by atoms with Crippen LogP contribution in [-0.4, -0.2) is 16.3 Å². The standard InChI is InChI=1S/C16H13N3OS/c20-14-9-5-4-8-13(14)15-11-17-16(21-15)19-18-10-12-6-2-1-3-7-12/h1-11,20H,(H,17,19)/b18-10+. The Morgan fingerprint density at radius 1 is 1.05 bits per heavy atom. The van der Waals surface area contributed by atoms with Crippen LogP contribution in [-0.2, 0) is 0 Å². The summed E-state index contributed by atoms with van der Waals surface area (Å²) in [5.41, 5.74) is 4.69. The average molecular weight is 295 g/mol. The van der Waals surface area contributed by atoms with Gasteiger partial charge in [0.2, 0.25) is 5.13 Å². The van der Waals surface area contributed by atoms with E-state index in [-0.39, 0.29) is 5.75 Å². The number of nitrogens with one attached hydrogen (secondary N) is 1. The van der Waals surface area contributed by atoms with E-state index < -0.39 is 0 Å². The number of phenols is 1. The molecule has 0 unspecified atom stereocenters. The predicted molar refractivity (Wildman–Crippen MR) is 86.9 cm³/mol. The first kappa shape index (κ1) is 13.3. The van der Waals surface area contributed by atoms with E-state index in [1.807, 2.05) is 42.5 Å². The lowest BCUT2D eigenvalue weighted by Crippen LogP contribution is -1.88. The number of phenolic OH excluding ortho intramolecular Hbond substituents is 1. The van der Waals surface area contributed by atoms with Crippen LogP contribution >= 0.6 is 11.3 Å². The van der Waals surface area contributed by atoms with Gasteiger partial charge in [-0.25, -0.2) is 4.98 Å². The van der Waals surface area contributed by atoms with Gasteiger partial charge in [-0.15, -0.1) is 0 Å². The van der Waals surface area contributed by atoms with Crippen LogP contribution in [0.4, 0.5) is 5.13 Å². The Hall–Kier alpha value is -2.66. The number of benzene rings is 2. The van der Waals surface area contributed by atoms with E-state index in [2.05, 4.69) is 15.5 Å². The summed E-state index contributed by atoms with van der Waals surface area (Å²) in [6.45, 7) is 0. The second kappa shape index (κ2) is 6.19. The molecule has 0 fully saturated rings. The second-order valence-electron chi connectivity index (χ2n) is 4.33. The molecule has 104 valence electrons. The highest BCUT2D eigenvalue weighted by Crippen LogP contribution is 2.34. The molecule has 0 atom stereocenters. The largest absolute Gasteiger partial charge is 0.507 e. The summed E-state index contributed by atoms with van der Waals surface area (Å²) in [5, 5.41) is 14.7. The molecule has 0 radical (unpaired) electrons. The van der Waals surface area contributed by atoms with Gasteiger partial charge >= 0.3 is 0 Å². The lowest BCUT2D eigenvalue weighted by molar-refractivity contribution is 0.477. The molecule has 0 bridgehead atoms. The van der Waals surface area contributed by atoms with Gasteiger partial charge in [-0.1, -0.05) is 53.8 Å². The number of hydrazone groups is 1. The van der Waals surface area contributed by atoms with Crippen molar-refractivity contribution < 1.29 is 5.11 Å². The van der Waals surface area contributed by atoms with Gasteiger partial charge in [0.1, 0.15) is 5.75 Å². The van der Waals surface area contributed by atoms with Crippen molar-refractivity contribution >= 4 is 22.7 Å². The van der Waals surface area contributed by atoms with Crippen LogP contribution in [0.2, 0.25) is 0 Å². The SMILES string of the molecule is Oc1ccccc1-c1cnc(N/N=C/c2ccccc2)s1. The van der Waals surface area contributed by atoms with Crippen molar-refractivity contribution in [3.05, 3.63) is 66.4 Å². The Morgan fingerprint density at radius 3 is 2.62 bits per heavy atom. The zero-order valence-corrected chi connectivity index (χ0v) is 11.9. The third-order valence-electron chi connectivity index (χ3n) is 2.85. The highest BCUT2D eigenvalue weighted by Gasteiger charge is 2.07. The van der Waals surface area contributed by atoms with Gasteiger partial charge in [0.25, 0.3) is 0 Å². The van der Waals surface area contributed by atoms with Crippen molar-refractivity contribution in [2.24, 2.45) is 5.10 Å². The van der Waals surface area contributed by atoms with Gasteiger partial charge in [0, 0.05) is 11.8 Å². The van der Waals surface area contributed by atoms with Crippen molar-refractivity contribution in [2.45, 2.75) is 0 Å². The fraction of sp³-hybridized carbons (Fsp3) is 0. The summed E-state index contributed by atoms with van der Waals surface area (Å²) >= 11 is 1.44. The first-order valence-electron chi connectivity index (χ1n) is 6.41. The van der Waals surface area contributed by atoms with E-state index in [4.69, 9.17) is 0 Å². The van der Waals surface area contributed by atoms with Gasteiger partial charge in [-0.3, -0.25) is 5.43 Å². The number of anilines is 1. The van der Waals surface area contributed by atoms with E-state index in [0.29, 0.717) is 5.13 Å². The maximum atomic E-state index is 9.83. The molecule has 0 aliphatic carbocycles. The average Bonchev–Trinajstić information content (AvgIpc) is 2.97. The third kappa shape index (κ3) is 3.27. The van der Waals surface area contributed by atoms with E-state index in [0.717, 1.165) is 16.0 Å². The smallest absolute Gasteiger partial charge is 0.203 e. The lowest BCUT2D eigenvalue weighted by Gasteiger charge is -1.99. The highest BCUT2D eigenvalue weighted by molar-refractivity contribution is 7.18. The van der Waals surface area contributed by atoms with Crippen LogP contribution in [0.1, 0.15) is 5.56 Å². The van der Waals surface area contributed by atoms with E-state index in [1.54, 1.807) is 24.5 Å². The molecule has 5 heteroatoms. The van der Waals surface area contributed by atoms with E-state index in [9.17, 15) is 5.11 Å². The fourth-order valence-corrected chi connectivity index (χ4v) is 2.63. The number of rotatable bonds is 4. The Labute approximate surface area is 126 Å². The first-order valence-corrected chi connectivity index (χ1v) is 7.23. The minimum atomic E-state index is 0.250. The molecule has 0 spiro atoms. The van der Waals surface area contributed by atoms with Crippen molar-refractivity contribution in [1.29, 1.82) is 0 Å². The Kier molecular flexibility index (Phi) is 3.93. The number of aromatic nitrogens is 1. The maximum Gasteiger partial charge on any atom is 0.203 e. The molecule has 1 heterocycles. The second-order valence-corrected chi connectivity index (χ2v) is 5.36. The summed E-state index contributed by atoms with van der Waals surface area (Å²) in [6.07, 6.45) is 3.46. The molecule has 3 aromatic rings. The van der Waals surface area contributed by atoms with Crippen molar-refractivity contribution in [1.82, 2.24) is 4.98 Å². The molecule has 0 aliphatic rings. The topological polar surface area (TPSA) is 57.5 Å². The monoisotopic (exact) mass is 295 g/mol. The molecule has 3 rings (SSSR count). The van der Waals surface area contributed by atoms with Crippen LogP contribution in [0.25, 0.3) is 10.4 Å². The molecule has 1 aromatic heterocycles. The van der Waals surface area contributed by atoms with Crippen molar-refractivity contribution in [2.75, 3.05) is 5.43 Å². The van der Waals surface area contributed by atoms with Gasteiger partial charge in [0.05, 0.1) is 11.1 Å². The van der Waals surface area contributed by atoms with Crippen LogP contribution in [0.5, 0.6) is 5.75 Å². The van der Waals surface area contributed by atoms with Gasteiger partial charge < -0.3 is 5.11 Å². The molecule has 2 N–H and O–H groups in total. The van der Waals surface area contributed by atoms with Crippen LogP contribution < -0.4 is 5.43 Å². The summed E-state index contributed by atoms with van der Waals surface area (Å²) in [6, 6.07) is 17.0. The minimum absolute atomic E-state index is 0.250. The summed E-state index contributed by atoms with van der Waals surface area (Å²) in [7, 11) is 0. The number of thiazole rings is 1. The number of hydrogen-bond donors (Lipinski definition) is 2. The minimum Gasteiger partial charge on any atom is -0.507 e. The van der Waals surface area contributed by atoms with Crippen LogP contribution in [0.3, 0.4) is 0 Å². The zero-order chi connectivity index (χ0) is 14.5. The maximum absolute atomic E-state index is 9.83. The first-order chi connectivity index (χ1) is 10.3. The number of aromatic hydroxyl groups is 1. The number of nitrogens with zero attached hydrogens (tertiary/aromatic N) is 2. The van der Waals surface area contributed by atoms with Crippen LogP contribution in [0.15, 0.2) is 65.9 Å². The molecular formula is C16H13N3OS. The zero-order valence-electron chi connectivity index (χ0n) is 11.1. The highest BCUT2D eigenvalue weighted by atomic mass is 32.1. The Balaban J connectivity index is 1.71. The van der Waals surface area contributed by atoms with Gasteiger partial charge in [0.15, 0.2) is 0 Å². The summed E-state index contributed by atoms with van der Waals surface area (Å²) in [5.74, 6) is 0.250. The Morgan fingerprint density at radius 2 is 1.81 bits per heavy atom. The quantitative estimate of drug-likeness (QED) is 0.566. The van der Waals surface area contributed by atoms with Crippen LogP contribution in [0, 0.1) is 0 Å². The van der Waals surface area contributed by atoms with E-state index >= 15 is 0 Å². The molecule has 4 nitrogen and oxygen atoms in total. The molecule has 0 saturated carbocycles. The molecule has 21 heavy (non-hydrogen) atoms. The molecular weight excluding hydrogens is 282 g/mol. The molecule has 0 aliphatic heterocycles. The summed E-state index contributed by atoms with van der Waals surface area (Å²) in [4.78, 5) is 5.14. The molecule has 2 aromatic carbocycles. The predicted octanol–water partition coefficient (Wildman–Crippen LogP) is 3.96. The van der Waals surface area contributed by atoms with Gasteiger partial charge in [-0.2, -0.15) is 5.10 Å². The number of para-hydroxylation sites is 1. The van der Waals surface area contributed by atoms with Crippen molar-refractivity contribution in [3.63, 3.8) is 0 Å². The normalized spacial score (nSPS) is 10.9. The Bertz CT molecular complexity index is 753. The van der Waals surface area contributed by atoms with Crippen molar-refractivity contribution in [3.8, 4) is 16.2 Å². The number of hydrogen-bond acceptors (Lipinski definition) is 5. The fourth-order valence-electron chi connectivity index (χ4n) is 1.83.